The number of nitrogens with zero attached hydrogens (tertiary/aromatic N) is 2. The van der Waals surface area contributed by atoms with Crippen LogP contribution in [-0.2, 0) is 16.1 Å². The van der Waals surface area contributed by atoms with Crippen molar-refractivity contribution in [3.63, 3.8) is 0 Å². The van der Waals surface area contributed by atoms with Crippen molar-refractivity contribution < 1.29 is 9.59 Å². The minimum Gasteiger partial charge on any atom is -0.357 e. The number of likely N-dealkylation sites (N-methyl/N-ethyl adjacent to an activating group) is 1. The number of fused-ring (bicyclic) bond motifs is 1. The van der Waals surface area contributed by atoms with Gasteiger partial charge in [0.1, 0.15) is 6.04 Å². The monoisotopic (exact) mass is 314 g/mol. The normalized spacial score (nSPS) is 19.0. The molecular weight excluding hydrogens is 292 g/mol. The van der Waals surface area contributed by atoms with Crippen LogP contribution in [0.1, 0.15) is 12.6 Å². The lowest BCUT2D eigenvalue weighted by molar-refractivity contribution is -0.142. The second-order valence-electron chi connectivity index (χ2n) is 5.96. The molecule has 0 saturated carbocycles. The lowest BCUT2D eigenvalue weighted by Crippen LogP contribution is -2.59. The molecule has 1 atom stereocenters. The molecule has 1 aliphatic heterocycles. The number of benzene rings is 1. The molecule has 0 radical (unpaired) electrons. The van der Waals surface area contributed by atoms with E-state index in [0.29, 0.717) is 13.1 Å². The van der Waals surface area contributed by atoms with E-state index in [1.807, 2.05) is 12.1 Å². The first kappa shape index (κ1) is 15.6. The summed E-state index contributed by atoms with van der Waals surface area (Å²) in [5.41, 5.74) is 2.24. The van der Waals surface area contributed by atoms with E-state index in [4.69, 9.17) is 0 Å². The highest BCUT2D eigenvalue weighted by Gasteiger charge is 2.33. The van der Waals surface area contributed by atoms with E-state index in [1.165, 1.54) is 12.3 Å². The number of piperazine rings is 1. The molecule has 2 aromatic rings. The second kappa shape index (κ2) is 6.42. The summed E-state index contributed by atoms with van der Waals surface area (Å²) >= 11 is 0. The molecule has 1 aromatic carbocycles. The van der Waals surface area contributed by atoms with Crippen LogP contribution in [0, 0.1) is 0 Å². The molecule has 2 N–H and O–H groups in total. The zero-order valence-corrected chi connectivity index (χ0v) is 13.5. The smallest absolute Gasteiger partial charge is 0.243 e. The summed E-state index contributed by atoms with van der Waals surface area (Å²) in [6.45, 7) is 4.15. The number of hydrogen-bond donors (Lipinski definition) is 2. The lowest BCUT2D eigenvalue weighted by Gasteiger charge is -2.39. The average molecular weight is 314 g/mol. The Hall–Kier alpha value is -2.34. The SMILES string of the molecule is CNC(=O)[C@H]1CN(Cc2cc3ccccc3[nH]2)CCN1C(C)=O. The summed E-state index contributed by atoms with van der Waals surface area (Å²) in [5.74, 6) is -0.162. The lowest BCUT2D eigenvalue weighted by atomic mass is 10.1. The van der Waals surface area contributed by atoms with E-state index in [1.54, 1.807) is 11.9 Å². The maximum absolute atomic E-state index is 12.1. The fourth-order valence-corrected chi connectivity index (χ4v) is 3.21. The van der Waals surface area contributed by atoms with Gasteiger partial charge in [-0.2, -0.15) is 0 Å². The molecule has 122 valence electrons. The number of carbonyl (C=O) groups excluding carboxylic acids is 2. The van der Waals surface area contributed by atoms with Gasteiger partial charge in [0.25, 0.3) is 0 Å². The second-order valence-corrected chi connectivity index (χ2v) is 5.96. The van der Waals surface area contributed by atoms with Crippen molar-refractivity contribution in [1.82, 2.24) is 20.1 Å². The highest BCUT2D eigenvalue weighted by atomic mass is 16.2. The molecular formula is C17H22N4O2. The number of amides is 2. The molecule has 1 aromatic heterocycles. The number of nitrogens with one attached hydrogen (secondary N) is 2. The largest absolute Gasteiger partial charge is 0.357 e. The van der Waals surface area contributed by atoms with Gasteiger partial charge in [-0.05, 0) is 17.5 Å². The molecule has 6 heteroatoms. The van der Waals surface area contributed by atoms with Crippen LogP contribution in [0.3, 0.4) is 0 Å². The van der Waals surface area contributed by atoms with Gasteiger partial charge in [0.15, 0.2) is 0 Å². The molecule has 0 spiro atoms. The fraction of sp³-hybridized carbons (Fsp3) is 0.412. The third-order valence-corrected chi connectivity index (χ3v) is 4.40. The predicted octanol–water partition coefficient (Wildman–Crippen LogP) is 0.947. The number of para-hydroxylation sites is 1. The van der Waals surface area contributed by atoms with Crippen LogP contribution < -0.4 is 5.32 Å². The van der Waals surface area contributed by atoms with Crippen molar-refractivity contribution in [3.05, 3.63) is 36.0 Å². The van der Waals surface area contributed by atoms with E-state index in [9.17, 15) is 9.59 Å². The van der Waals surface area contributed by atoms with E-state index < -0.39 is 6.04 Å². The standard InChI is InChI=1S/C17H22N4O2/c1-12(22)21-8-7-20(11-16(21)17(23)18-2)10-14-9-13-5-3-4-6-15(13)19-14/h3-6,9,16,19H,7-8,10-11H2,1-2H3,(H,18,23)/t16-/m1/s1. The zero-order chi connectivity index (χ0) is 16.4. The Bertz CT molecular complexity index is 691. The van der Waals surface area contributed by atoms with Crippen LogP contribution in [0.5, 0.6) is 0 Å². The first-order valence-electron chi connectivity index (χ1n) is 7.86. The molecule has 23 heavy (non-hydrogen) atoms. The molecule has 3 rings (SSSR count). The maximum Gasteiger partial charge on any atom is 0.243 e. The Morgan fingerprint density at radius 1 is 1.30 bits per heavy atom. The van der Waals surface area contributed by atoms with Gasteiger partial charge in [-0.25, -0.2) is 0 Å². The number of aromatic amines is 1. The highest BCUT2D eigenvalue weighted by molar-refractivity contribution is 5.87. The van der Waals surface area contributed by atoms with Gasteiger partial charge < -0.3 is 15.2 Å². The number of hydrogen-bond acceptors (Lipinski definition) is 3. The number of H-pyrrole nitrogens is 1. The third-order valence-electron chi connectivity index (χ3n) is 4.40. The van der Waals surface area contributed by atoms with Crippen LogP contribution in [0.15, 0.2) is 30.3 Å². The van der Waals surface area contributed by atoms with Crippen LogP contribution >= 0.6 is 0 Å². The Balaban J connectivity index is 1.73. The van der Waals surface area contributed by atoms with Crippen LogP contribution in [-0.4, -0.2) is 59.3 Å². The Morgan fingerprint density at radius 2 is 2.09 bits per heavy atom. The van der Waals surface area contributed by atoms with Crippen LogP contribution in [0.2, 0.25) is 0 Å². The predicted molar refractivity (Wildman–Crippen MR) is 88.8 cm³/mol. The van der Waals surface area contributed by atoms with E-state index in [0.717, 1.165) is 24.3 Å². The van der Waals surface area contributed by atoms with Gasteiger partial charge in [-0.15, -0.1) is 0 Å². The number of rotatable bonds is 3. The van der Waals surface area contributed by atoms with Crippen molar-refractivity contribution in [2.24, 2.45) is 0 Å². The topological polar surface area (TPSA) is 68.4 Å². The van der Waals surface area contributed by atoms with Crippen molar-refractivity contribution in [3.8, 4) is 0 Å². The molecule has 0 unspecified atom stereocenters. The van der Waals surface area contributed by atoms with E-state index in [-0.39, 0.29) is 11.8 Å². The van der Waals surface area contributed by atoms with Gasteiger partial charge in [0.2, 0.25) is 11.8 Å². The van der Waals surface area contributed by atoms with Crippen molar-refractivity contribution in [2.45, 2.75) is 19.5 Å². The Kier molecular flexibility index (Phi) is 4.34. The molecule has 6 nitrogen and oxygen atoms in total. The summed E-state index contributed by atoms with van der Waals surface area (Å²) < 4.78 is 0. The van der Waals surface area contributed by atoms with Crippen molar-refractivity contribution in [2.75, 3.05) is 26.7 Å². The fourth-order valence-electron chi connectivity index (χ4n) is 3.21. The molecule has 1 saturated heterocycles. The number of carbonyl (C=O) groups is 2. The Morgan fingerprint density at radius 3 is 2.78 bits per heavy atom. The van der Waals surface area contributed by atoms with Crippen molar-refractivity contribution in [1.29, 1.82) is 0 Å². The molecule has 0 bridgehead atoms. The molecule has 2 amide bonds. The Labute approximate surface area is 135 Å². The first-order chi connectivity index (χ1) is 11.1. The van der Waals surface area contributed by atoms with Crippen LogP contribution in [0.4, 0.5) is 0 Å². The average Bonchev–Trinajstić information content (AvgIpc) is 2.96. The van der Waals surface area contributed by atoms with Gasteiger partial charge in [0, 0.05) is 51.4 Å². The van der Waals surface area contributed by atoms with Crippen molar-refractivity contribution >= 4 is 22.7 Å². The van der Waals surface area contributed by atoms with E-state index >= 15 is 0 Å². The third kappa shape index (κ3) is 3.22. The quantitative estimate of drug-likeness (QED) is 0.886. The summed E-state index contributed by atoms with van der Waals surface area (Å²) in [6.07, 6.45) is 0. The highest BCUT2D eigenvalue weighted by Crippen LogP contribution is 2.18. The molecule has 0 aliphatic carbocycles. The summed E-state index contributed by atoms with van der Waals surface area (Å²) in [6, 6.07) is 9.89. The van der Waals surface area contributed by atoms with Gasteiger partial charge in [0.05, 0.1) is 0 Å². The summed E-state index contributed by atoms with van der Waals surface area (Å²) in [4.78, 5) is 31.1. The molecule has 2 heterocycles. The molecule has 1 aliphatic rings. The van der Waals surface area contributed by atoms with E-state index in [2.05, 4.69) is 33.4 Å². The maximum atomic E-state index is 12.1. The minimum absolute atomic E-state index is 0.0520. The van der Waals surface area contributed by atoms with Crippen LogP contribution in [0.25, 0.3) is 10.9 Å². The van der Waals surface area contributed by atoms with Gasteiger partial charge in [-0.3, -0.25) is 14.5 Å². The van der Waals surface area contributed by atoms with Gasteiger partial charge >= 0.3 is 0 Å². The first-order valence-corrected chi connectivity index (χ1v) is 7.86. The summed E-state index contributed by atoms with van der Waals surface area (Å²) in [7, 11) is 1.61. The molecule has 1 fully saturated rings. The zero-order valence-electron chi connectivity index (χ0n) is 13.5. The summed E-state index contributed by atoms with van der Waals surface area (Å²) in [5, 5.41) is 3.85. The number of aromatic nitrogens is 1. The van der Waals surface area contributed by atoms with Gasteiger partial charge in [-0.1, -0.05) is 18.2 Å². The minimum atomic E-state index is -0.421.